The highest BCUT2D eigenvalue weighted by atomic mass is 16.5. The maximum absolute atomic E-state index is 12.8. The van der Waals surface area contributed by atoms with E-state index < -0.39 is 12.1 Å². The lowest BCUT2D eigenvalue weighted by molar-refractivity contribution is -0.117. The SMILES string of the molecule is NC(=O)NC(CC(=O)Nc1cccc(N2CCCC2=O)c1)c1cccc(Oc2ccccc2)c1. The van der Waals surface area contributed by atoms with E-state index in [1.165, 1.54) is 0 Å². The van der Waals surface area contributed by atoms with Crippen LogP contribution in [-0.2, 0) is 9.59 Å². The summed E-state index contributed by atoms with van der Waals surface area (Å²) in [6, 6.07) is 22.2. The number of rotatable bonds is 8. The van der Waals surface area contributed by atoms with Gasteiger partial charge < -0.3 is 26.0 Å². The minimum absolute atomic E-state index is 0.0371. The number of urea groups is 1. The zero-order chi connectivity index (χ0) is 23.9. The van der Waals surface area contributed by atoms with Crippen molar-refractivity contribution in [2.24, 2.45) is 5.73 Å². The average Bonchev–Trinajstić information content (AvgIpc) is 3.25. The topological polar surface area (TPSA) is 114 Å². The number of para-hydroxylation sites is 1. The van der Waals surface area contributed by atoms with Gasteiger partial charge in [-0.2, -0.15) is 0 Å². The van der Waals surface area contributed by atoms with Crippen LogP contribution in [0.1, 0.15) is 30.9 Å². The standard InChI is InChI=1S/C26H26N4O4/c27-26(33)29-23(18-7-4-12-22(15-18)34-21-10-2-1-3-11-21)17-24(31)28-19-8-5-9-20(16-19)30-14-6-13-25(30)32/h1-5,7-12,15-16,23H,6,13-14,17H2,(H,28,31)(H3,27,29,33). The first-order valence-corrected chi connectivity index (χ1v) is 11.1. The average molecular weight is 459 g/mol. The molecule has 8 heteroatoms. The molecule has 1 fully saturated rings. The summed E-state index contributed by atoms with van der Waals surface area (Å²) in [6.45, 7) is 0.669. The van der Waals surface area contributed by atoms with E-state index in [2.05, 4.69) is 10.6 Å². The lowest BCUT2D eigenvalue weighted by atomic mass is 10.0. The fourth-order valence-electron chi connectivity index (χ4n) is 3.91. The molecule has 0 saturated carbocycles. The molecule has 1 unspecified atom stereocenters. The number of anilines is 2. The molecule has 3 aromatic carbocycles. The van der Waals surface area contributed by atoms with Gasteiger partial charge in [-0.25, -0.2) is 4.79 Å². The number of primary amides is 1. The van der Waals surface area contributed by atoms with Gasteiger partial charge in [-0.3, -0.25) is 9.59 Å². The molecule has 4 amide bonds. The fourth-order valence-corrected chi connectivity index (χ4v) is 3.91. The molecule has 0 aliphatic carbocycles. The molecule has 0 spiro atoms. The third-order valence-electron chi connectivity index (χ3n) is 5.46. The number of benzene rings is 3. The molecule has 4 rings (SSSR count). The first-order valence-electron chi connectivity index (χ1n) is 11.1. The largest absolute Gasteiger partial charge is 0.457 e. The van der Waals surface area contributed by atoms with Crippen molar-refractivity contribution in [2.45, 2.75) is 25.3 Å². The van der Waals surface area contributed by atoms with Crippen molar-refractivity contribution in [3.8, 4) is 11.5 Å². The Morgan fingerprint density at radius 1 is 0.971 bits per heavy atom. The Kier molecular flexibility index (Phi) is 7.07. The molecule has 1 aliphatic rings. The highest BCUT2D eigenvalue weighted by molar-refractivity contribution is 5.97. The first kappa shape index (κ1) is 22.8. The van der Waals surface area contributed by atoms with Gasteiger partial charge in [0.05, 0.1) is 12.5 Å². The Morgan fingerprint density at radius 3 is 2.47 bits per heavy atom. The van der Waals surface area contributed by atoms with Crippen LogP contribution >= 0.6 is 0 Å². The van der Waals surface area contributed by atoms with Crippen LogP contribution in [0.25, 0.3) is 0 Å². The van der Waals surface area contributed by atoms with Crippen LogP contribution < -0.4 is 26.0 Å². The van der Waals surface area contributed by atoms with E-state index in [1.807, 2.05) is 36.4 Å². The molecular weight excluding hydrogens is 432 g/mol. The fraction of sp³-hybridized carbons (Fsp3) is 0.192. The first-order chi connectivity index (χ1) is 16.5. The van der Waals surface area contributed by atoms with E-state index in [1.54, 1.807) is 47.4 Å². The number of carbonyl (C=O) groups is 3. The van der Waals surface area contributed by atoms with Gasteiger partial charge in [0.1, 0.15) is 11.5 Å². The second kappa shape index (κ2) is 10.5. The summed E-state index contributed by atoms with van der Waals surface area (Å²) < 4.78 is 5.87. The molecule has 34 heavy (non-hydrogen) atoms. The maximum Gasteiger partial charge on any atom is 0.312 e. The summed E-state index contributed by atoms with van der Waals surface area (Å²) in [7, 11) is 0. The van der Waals surface area contributed by atoms with Crippen molar-refractivity contribution in [1.29, 1.82) is 0 Å². The molecule has 174 valence electrons. The number of nitrogens with one attached hydrogen (secondary N) is 2. The van der Waals surface area contributed by atoms with Crippen molar-refractivity contribution in [3.63, 3.8) is 0 Å². The number of hydrogen-bond acceptors (Lipinski definition) is 4. The van der Waals surface area contributed by atoms with Gasteiger partial charge in [0.25, 0.3) is 0 Å². The molecule has 0 bridgehead atoms. The maximum atomic E-state index is 12.8. The normalized spacial score (nSPS) is 13.9. The van der Waals surface area contributed by atoms with Crippen molar-refractivity contribution in [3.05, 3.63) is 84.4 Å². The van der Waals surface area contributed by atoms with Gasteiger partial charge in [0.15, 0.2) is 0 Å². The molecule has 3 aromatic rings. The van der Waals surface area contributed by atoms with Crippen LogP contribution in [0.4, 0.5) is 16.2 Å². The molecular formula is C26H26N4O4. The van der Waals surface area contributed by atoms with Gasteiger partial charge in [-0.15, -0.1) is 0 Å². The number of amides is 4. The Balaban J connectivity index is 1.46. The highest BCUT2D eigenvalue weighted by Gasteiger charge is 2.22. The summed E-state index contributed by atoms with van der Waals surface area (Å²) in [6.07, 6.45) is 1.32. The summed E-state index contributed by atoms with van der Waals surface area (Å²) in [5.74, 6) is 1.02. The van der Waals surface area contributed by atoms with Crippen molar-refractivity contribution >= 4 is 29.2 Å². The van der Waals surface area contributed by atoms with E-state index in [9.17, 15) is 14.4 Å². The predicted octanol–water partition coefficient (Wildman–Crippen LogP) is 4.34. The van der Waals surface area contributed by atoms with E-state index in [0.717, 1.165) is 12.1 Å². The van der Waals surface area contributed by atoms with E-state index >= 15 is 0 Å². The second-order valence-electron chi connectivity index (χ2n) is 8.00. The van der Waals surface area contributed by atoms with E-state index in [4.69, 9.17) is 10.5 Å². The predicted molar refractivity (Wildman–Crippen MR) is 130 cm³/mol. The third kappa shape index (κ3) is 5.92. The molecule has 1 saturated heterocycles. The van der Waals surface area contributed by atoms with Gasteiger partial charge >= 0.3 is 6.03 Å². The quantitative estimate of drug-likeness (QED) is 0.466. The van der Waals surface area contributed by atoms with E-state index in [0.29, 0.717) is 35.7 Å². The Hall–Kier alpha value is -4.33. The minimum atomic E-state index is -0.735. The molecule has 4 N–H and O–H groups in total. The number of ether oxygens (including phenoxy) is 1. The second-order valence-corrected chi connectivity index (χ2v) is 8.00. The van der Waals surface area contributed by atoms with Crippen LogP contribution in [0.3, 0.4) is 0 Å². The minimum Gasteiger partial charge on any atom is -0.457 e. The lowest BCUT2D eigenvalue weighted by Crippen LogP contribution is -2.35. The molecule has 0 radical (unpaired) electrons. The van der Waals surface area contributed by atoms with Crippen LogP contribution in [0, 0.1) is 0 Å². The van der Waals surface area contributed by atoms with Gasteiger partial charge in [0.2, 0.25) is 11.8 Å². The van der Waals surface area contributed by atoms with Gasteiger partial charge in [-0.05, 0) is 54.4 Å². The summed E-state index contributed by atoms with van der Waals surface area (Å²) in [5.41, 5.74) is 7.37. The smallest absolute Gasteiger partial charge is 0.312 e. The molecule has 1 atom stereocenters. The zero-order valence-electron chi connectivity index (χ0n) is 18.6. The number of nitrogens with two attached hydrogens (primary N) is 1. The summed E-state index contributed by atoms with van der Waals surface area (Å²) >= 11 is 0. The number of carbonyl (C=O) groups excluding carboxylic acids is 3. The van der Waals surface area contributed by atoms with Crippen molar-refractivity contribution in [2.75, 3.05) is 16.8 Å². The summed E-state index contributed by atoms with van der Waals surface area (Å²) in [4.78, 5) is 38.2. The molecule has 1 heterocycles. The van der Waals surface area contributed by atoms with Crippen LogP contribution in [-0.4, -0.2) is 24.4 Å². The van der Waals surface area contributed by atoms with Gasteiger partial charge in [-0.1, -0.05) is 36.4 Å². The summed E-state index contributed by atoms with van der Waals surface area (Å²) in [5, 5.41) is 5.48. The Morgan fingerprint density at radius 2 is 1.74 bits per heavy atom. The number of hydrogen-bond donors (Lipinski definition) is 3. The van der Waals surface area contributed by atoms with Crippen LogP contribution in [0.15, 0.2) is 78.9 Å². The van der Waals surface area contributed by atoms with Crippen molar-refractivity contribution in [1.82, 2.24) is 5.32 Å². The van der Waals surface area contributed by atoms with Gasteiger partial charge in [0, 0.05) is 24.3 Å². The third-order valence-corrected chi connectivity index (χ3v) is 5.46. The Labute approximate surface area is 197 Å². The highest BCUT2D eigenvalue weighted by Crippen LogP contribution is 2.27. The monoisotopic (exact) mass is 458 g/mol. The van der Waals surface area contributed by atoms with Crippen molar-refractivity contribution < 1.29 is 19.1 Å². The zero-order valence-corrected chi connectivity index (χ0v) is 18.6. The molecule has 8 nitrogen and oxygen atoms in total. The molecule has 1 aliphatic heterocycles. The van der Waals surface area contributed by atoms with Crippen LogP contribution in [0.2, 0.25) is 0 Å². The van der Waals surface area contributed by atoms with E-state index in [-0.39, 0.29) is 18.2 Å². The molecule has 0 aromatic heterocycles. The lowest BCUT2D eigenvalue weighted by Gasteiger charge is -2.19. The number of nitrogens with zero attached hydrogens (tertiary/aromatic N) is 1. The van der Waals surface area contributed by atoms with Crippen LogP contribution in [0.5, 0.6) is 11.5 Å². The Bertz CT molecular complexity index is 1180.